The van der Waals surface area contributed by atoms with Crippen molar-refractivity contribution in [3.63, 3.8) is 0 Å². The first-order chi connectivity index (χ1) is 10.5. The number of carboxylic acids is 1. The zero-order valence-corrected chi connectivity index (χ0v) is 14.7. The van der Waals surface area contributed by atoms with E-state index in [9.17, 15) is 4.79 Å². The largest absolute Gasteiger partial charge is 0.496 e. The Hall–Kier alpha value is -1.11. The van der Waals surface area contributed by atoms with E-state index in [4.69, 9.17) is 9.84 Å². The predicted molar refractivity (Wildman–Crippen MR) is 89.3 cm³/mol. The quantitative estimate of drug-likeness (QED) is 0.833. The van der Waals surface area contributed by atoms with Gasteiger partial charge in [-0.3, -0.25) is 14.6 Å². The maximum atomic E-state index is 10.8. The third-order valence-electron chi connectivity index (χ3n) is 4.20. The summed E-state index contributed by atoms with van der Waals surface area (Å²) in [6.07, 6.45) is 2.00. The molecule has 5 nitrogen and oxygen atoms in total. The fourth-order valence-electron chi connectivity index (χ4n) is 2.97. The summed E-state index contributed by atoms with van der Waals surface area (Å²) in [6, 6.07) is 6.42. The minimum absolute atomic E-state index is 0.115. The van der Waals surface area contributed by atoms with Gasteiger partial charge in [0.2, 0.25) is 0 Å². The van der Waals surface area contributed by atoms with E-state index in [1.54, 1.807) is 7.11 Å². The smallest absolute Gasteiger partial charge is 0.317 e. The van der Waals surface area contributed by atoms with Gasteiger partial charge in [0.05, 0.1) is 13.7 Å². The summed E-state index contributed by atoms with van der Waals surface area (Å²) in [7, 11) is 3.59. The fourth-order valence-corrected chi connectivity index (χ4v) is 3.38. The molecule has 2 rings (SSSR count). The van der Waals surface area contributed by atoms with Gasteiger partial charge in [0.25, 0.3) is 0 Å². The minimum atomic E-state index is -0.760. The first-order valence-electron chi connectivity index (χ1n) is 7.46. The Morgan fingerprint density at radius 1 is 1.45 bits per heavy atom. The SMILES string of the molecule is COc1ccc(Br)cc1CN1CCC(N(C)CC(=O)O)CC1. The van der Waals surface area contributed by atoms with Crippen LogP contribution < -0.4 is 4.74 Å². The molecule has 0 bridgehead atoms. The van der Waals surface area contributed by atoms with Gasteiger partial charge in [-0.05, 0) is 51.2 Å². The second-order valence-corrected chi connectivity index (χ2v) is 6.69. The van der Waals surface area contributed by atoms with Crippen molar-refractivity contribution < 1.29 is 14.6 Å². The van der Waals surface area contributed by atoms with Crippen LogP contribution in [0.3, 0.4) is 0 Å². The summed E-state index contributed by atoms with van der Waals surface area (Å²) < 4.78 is 6.48. The molecule has 22 heavy (non-hydrogen) atoms. The topological polar surface area (TPSA) is 53.0 Å². The van der Waals surface area contributed by atoms with E-state index in [1.807, 2.05) is 24.1 Å². The zero-order valence-electron chi connectivity index (χ0n) is 13.1. The number of methoxy groups -OCH3 is 1. The highest BCUT2D eigenvalue weighted by Gasteiger charge is 2.24. The van der Waals surface area contributed by atoms with Crippen LogP contribution in [-0.2, 0) is 11.3 Å². The molecule has 6 heteroatoms. The first kappa shape index (κ1) is 17.2. The molecule has 0 atom stereocenters. The molecule has 0 aromatic heterocycles. The number of likely N-dealkylation sites (N-methyl/N-ethyl adjacent to an activating group) is 1. The van der Waals surface area contributed by atoms with Crippen LogP contribution in [0.2, 0.25) is 0 Å². The Kier molecular flexibility index (Phi) is 6.23. The molecule has 0 spiro atoms. The molecule has 0 aliphatic carbocycles. The van der Waals surface area contributed by atoms with Crippen molar-refractivity contribution in [1.29, 1.82) is 0 Å². The van der Waals surface area contributed by atoms with Crippen LogP contribution in [0.25, 0.3) is 0 Å². The summed E-state index contributed by atoms with van der Waals surface area (Å²) in [6.45, 7) is 2.93. The van der Waals surface area contributed by atoms with Crippen LogP contribution in [0, 0.1) is 0 Å². The number of likely N-dealkylation sites (tertiary alicyclic amines) is 1. The van der Waals surface area contributed by atoms with Crippen molar-refractivity contribution >= 4 is 21.9 Å². The maximum absolute atomic E-state index is 10.8. The van der Waals surface area contributed by atoms with Gasteiger partial charge < -0.3 is 9.84 Å². The second kappa shape index (κ2) is 7.94. The number of ether oxygens (including phenoxy) is 1. The molecule has 0 unspecified atom stereocenters. The highest BCUT2D eigenvalue weighted by Crippen LogP contribution is 2.26. The van der Waals surface area contributed by atoms with Crippen LogP contribution in [-0.4, -0.2) is 60.7 Å². The third kappa shape index (κ3) is 4.69. The molecule has 1 aromatic carbocycles. The van der Waals surface area contributed by atoms with E-state index in [0.29, 0.717) is 6.04 Å². The lowest BCUT2D eigenvalue weighted by Gasteiger charge is -2.36. The standard InChI is InChI=1S/C16H23BrN2O3/c1-18(11-16(20)21)14-5-7-19(8-6-14)10-12-9-13(17)3-4-15(12)22-2/h3-4,9,14H,5-8,10-11H2,1-2H3,(H,20,21). The van der Waals surface area contributed by atoms with Crippen LogP contribution in [0.4, 0.5) is 0 Å². The Morgan fingerprint density at radius 3 is 2.73 bits per heavy atom. The van der Waals surface area contributed by atoms with Crippen LogP contribution in [0.1, 0.15) is 18.4 Å². The molecule has 0 radical (unpaired) electrons. The molecule has 1 N–H and O–H groups in total. The van der Waals surface area contributed by atoms with Gasteiger partial charge in [-0.25, -0.2) is 0 Å². The van der Waals surface area contributed by atoms with Crippen molar-refractivity contribution in [1.82, 2.24) is 9.80 Å². The van der Waals surface area contributed by atoms with E-state index in [2.05, 4.69) is 26.9 Å². The molecule has 122 valence electrons. The molecule has 1 aliphatic rings. The monoisotopic (exact) mass is 370 g/mol. The molecule has 0 amide bonds. The fraction of sp³-hybridized carbons (Fsp3) is 0.562. The number of rotatable bonds is 6. The van der Waals surface area contributed by atoms with Gasteiger partial charge in [-0.1, -0.05) is 15.9 Å². The Bertz CT molecular complexity index is 516. The highest BCUT2D eigenvalue weighted by atomic mass is 79.9. The summed E-state index contributed by atoms with van der Waals surface area (Å²) in [5.74, 6) is 0.150. The predicted octanol–water partition coefficient (Wildman–Crippen LogP) is 2.44. The van der Waals surface area contributed by atoms with E-state index in [0.717, 1.165) is 42.7 Å². The Morgan fingerprint density at radius 2 is 2.14 bits per heavy atom. The maximum Gasteiger partial charge on any atom is 0.317 e. The number of carbonyl (C=O) groups is 1. The number of carboxylic acid groups (broad SMARTS) is 1. The molecule has 1 saturated heterocycles. The van der Waals surface area contributed by atoms with Gasteiger partial charge in [-0.2, -0.15) is 0 Å². The third-order valence-corrected chi connectivity index (χ3v) is 4.69. The van der Waals surface area contributed by atoms with Crippen molar-refractivity contribution in [3.8, 4) is 5.75 Å². The molecule has 1 fully saturated rings. The molecule has 1 heterocycles. The number of hydrogen-bond acceptors (Lipinski definition) is 4. The minimum Gasteiger partial charge on any atom is -0.496 e. The van der Waals surface area contributed by atoms with Crippen molar-refractivity contribution in [2.45, 2.75) is 25.4 Å². The molecule has 1 aliphatic heterocycles. The number of aliphatic carboxylic acids is 1. The lowest BCUT2D eigenvalue weighted by molar-refractivity contribution is -0.138. The van der Waals surface area contributed by atoms with E-state index >= 15 is 0 Å². The zero-order chi connectivity index (χ0) is 16.1. The average molecular weight is 371 g/mol. The van der Waals surface area contributed by atoms with Crippen LogP contribution in [0.5, 0.6) is 5.75 Å². The Balaban J connectivity index is 1.90. The lowest BCUT2D eigenvalue weighted by atomic mass is 10.0. The number of halogens is 1. The average Bonchev–Trinajstić information content (AvgIpc) is 2.47. The van der Waals surface area contributed by atoms with Gasteiger partial charge in [-0.15, -0.1) is 0 Å². The van der Waals surface area contributed by atoms with Gasteiger partial charge in [0.1, 0.15) is 5.75 Å². The summed E-state index contributed by atoms with van der Waals surface area (Å²) in [5.41, 5.74) is 1.18. The van der Waals surface area contributed by atoms with Crippen LogP contribution in [0.15, 0.2) is 22.7 Å². The summed E-state index contributed by atoms with van der Waals surface area (Å²) in [5, 5.41) is 8.87. The normalized spacial score (nSPS) is 16.9. The van der Waals surface area contributed by atoms with Crippen molar-refractivity contribution in [3.05, 3.63) is 28.2 Å². The summed E-state index contributed by atoms with van der Waals surface area (Å²) >= 11 is 3.51. The first-order valence-corrected chi connectivity index (χ1v) is 8.25. The lowest BCUT2D eigenvalue weighted by Crippen LogP contribution is -2.44. The van der Waals surface area contributed by atoms with E-state index in [-0.39, 0.29) is 6.54 Å². The number of benzene rings is 1. The molecular formula is C16H23BrN2O3. The summed E-state index contributed by atoms with van der Waals surface area (Å²) in [4.78, 5) is 15.1. The van der Waals surface area contributed by atoms with E-state index < -0.39 is 5.97 Å². The van der Waals surface area contributed by atoms with Crippen molar-refractivity contribution in [2.24, 2.45) is 0 Å². The Labute approximate surface area is 140 Å². The molecule has 1 aromatic rings. The number of nitrogens with zero attached hydrogens (tertiary/aromatic N) is 2. The molecule has 0 saturated carbocycles. The number of piperidine rings is 1. The highest BCUT2D eigenvalue weighted by molar-refractivity contribution is 9.10. The van der Waals surface area contributed by atoms with Crippen molar-refractivity contribution in [2.75, 3.05) is 33.8 Å². The van der Waals surface area contributed by atoms with Gasteiger partial charge in [0.15, 0.2) is 0 Å². The second-order valence-electron chi connectivity index (χ2n) is 5.77. The number of hydrogen-bond donors (Lipinski definition) is 1. The molecular weight excluding hydrogens is 348 g/mol. The van der Waals surface area contributed by atoms with Crippen LogP contribution >= 0.6 is 15.9 Å². The van der Waals surface area contributed by atoms with E-state index in [1.165, 1.54) is 5.56 Å². The van der Waals surface area contributed by atoms with Gasteiger partial charge >= 0.3 is 5.97 Å². The van der Waals surface area contributed by atoms with Gasteiger partial charge in [0, 0.05) is 22.6 Å².